The second-order valence-electron chi connectivity index (χ2n) is 3.39. The molecule has 0 atom stereocenters. The predicted molar refractivity (Wildman–Crippen MR) is 58.6 cm³/mol. The summed E-state index contributed by atoms with van der Waals surface area (Å²) in [6.45, 7) is -3.09. The summed E-state index contributed by atoms with van der Waals surface area (Å²) < 4.78 is 38.5. The van der Waals surface area contributed by atoms with Crippen molar-refractivity contribution in [2.24, 2.45) is 0 Å². The van der Waals surface area contributed by atoms with Crippen molar-refractivity contribution in [2.45, 2.75) is 6.61 Å². The van der Waals surface area contributed by atoms with Gasteiger partial charge in [0.15, 0.2) is 5.75 Å². The van der Waals surface area contributed by atoms with Gasteiger partial charge in [-0.15, -0.1) is 0 Å². The number of fused-ring (bicyclic) bond motifs is 1. The molecule has 0 saturated heterocycles. The van der Waals surface area contributed by atoms with E-state index in [1.807, 2.05) is 0 Å². The van der Waals surface area contributed by atoms with Crippen LogP contribution in [0.3, 0.4) is 0 Å². The van der Waals surface area contributed by atoms with Gasteiger partial charge in [-0.2, -0.15) is 8.78 Å². The number of ether oxygens (including phenoxy) is 2. The molecule has 5 nitrogen and oxygen atoms in total. The maximum Gasteiger partial charge on any atom is 0.387 e. The zero-order valence-electron chi connectivity index (χ0n) is 9.28. The number of esters is 1. The first-order valence-electron chi connectivity index (χ1n) is 4.88. The fourth-order valence-corrected chi connectivity index (χ4v) is 1.53. The summed E-state index contributed by atoms with van der Waals surface area (Å²) in [6.07, 6.45) is 0. The summed E-state index contributed by atoms with van der Waals surface area (Å²) in [5.41, 5.74) is 6.08. The third-order valence-corrected chi connectivity index (χ3v) is 2.24. The van der Waals surface area contributed by atoms with Crippen LogP contribution in [-0.4, -0.2) is 19.7 Å². The summed E-state index contributed by atoms with van der Waals surface area (Å²) in [4.78, 5) is 11.4. The zero-order chi connectivity index (χ0) is 13.3. The van der Waals surface area contributed by atoms with Crippen molar-refractivity contribution in [3.05, 3.63) is 24.0 Å². The molecular formula is C11H9F2NO4. The number of carbonyl (C=O) groups excluding carboxylic acids is 1. The zero-order valence-corrected chi connectivity index (χ0v) is 9.28. The Morgan fingerprint density at radius 1 is 1.44 bits per heavy atom. The highest BCUT2D eigenvalue weighted by molar-refractivity contribution is 5.99. The quantitative estimate of drug-likeness (QED) is 0.675. The maximum absolute atomic E-state index is 12.3. The molecule has 7 heteroatoms. The maximum atomic E-state index is 12.3. The first-order chi connectivity index (χ1) is 8.52. The van der Waals surface area contributed by atoms with E-state index in [1.165, 1.54) is 18.2 Å². The van der Waals surface area contributed by atoms with Gasteiger partial charge in [0, 0.05) is 5.69 Å². The van der Waals surface area contributed by atoms with E-state index in [0.29, 0.717) is 5.69 Å². The van der Waals surface area contributed by atoms with Crippen molar-refractivity contribution in [2.75, 3.05) is 12.8 Å². The van der Waals surface area contributed by atoms with Crippen molar-refractivity contribution in [1.82, 2.24) is 0 Å². The summed E-state index contributed by atoms with van der Waals surface area (Å²) in [6, 6.07) is 4.34. The smallest absolute Gasteiger partial charge is 0.387 e. The lowest BCUT2D eigenvalue weighted by Gasteiger charge is -2.03. The molecule has 1 heterocycles. The number of alkyl halides is 2. The second kappa shape index (κ2) is 4.52. The van der Waals surface area contributed by atoms with Gasteiger partial charge in [-0.3, -0.25) is 0 Å². The number of methoxy groups -OCH3 is 1. The van der Waals surface area contributed by atoms with Gasteiger partial charge in [-0.25, -0.2) is 4.79 Å². The van der Waals surface area contributed by atoms with E-state index < -0.39 is 18.3 Å². The Morgan fingerprint density at radius 2 is 2.17 bits per heavy atom. The lowest BCUT2D eigenvalue weighted by atomic mass is 10.2. The molecule has 2 N–H and O–H groups in total. The van der Waals surface area contributed by atoms with Crippen LogP contribution in [0.5, 0.6) is 5.75 Å². The van der Waals surface area contributed by atoms with E-state index in [4.69, 9.17) is 10.2 Å². The molecule has 18 heavy (non-hydrogen) atoms. The Kier molecular flexibility index (Phi) is 3.05. The molecule has 0 aliphatic heterocycles. The third-order valence-electron chi connectivity index (χ3n) is 2.24. The molecule has 0 radical (unpaired) electrons. The number of rotatable bonds is 3. The SMILES string of the molecule is COC(=O)c1oc2ccc(N)cc2c1OC(F)F. The third kappa shape index (κ3) is 2.06. The molecule has 0 aliphatic carbocycles. The van der Waals surface area contributed by atoms with Crippen LogP contribution in [0.25, 0.3) is 11.0 Å². The van der Waals surface area contributed by atoms with E-state index in [2.05, 4.69) is 9.47 Å². The molecule has 2 aromatic rings. The molecule has 0 aliphatic rings. The normalized spacial score (nSPS) is 10.9. The molecule has 0 fully saturated rings. The van der Waals surface area contributed by atoms with Gasteiger partial charge in [0.25, 0.3) is 5.76 Å². The first-order valence-corrected chi connectivity index (χ1v) is 4.88. The van der Waals surface area contributed by atoms with E-state index in [0.717, 1.165) is 7.11 Å². The van der Waals surface area contributed by atoms with Crippen molar-refractivity contribution < 1.29 is 27.5 Å². The number of hydrogen-bond acceptors (Lipinski definition) is 5. The van der Waals surface area contributed by atoms with Gasteiger partial charge in [0.1, 0.15) is 5.58 Å². The van der Waals surface area contributed by atoms with Crippen LogP contribution >= 0.6 is 0 Å². The number of nitrogen functional groups attached to an aromatic ring is 1. The van der Waals surface area contributed by atoms with Crippen molar-refractivity contribution in [3.8, 4) is 5.75 Å². The number of anilines is 1. The average Bonchev–Trinajstić information content (AvgIpc) is 2.66. The number of furan rings is 1. The molecule has 0 spiro atoms. The molecule has 0 unspecified atom stereocenters. The highest BCUT2D eigenvalue weighted by Crippen LogP contribution is 2.35. The van der Waals surface area contributed by atoms with E-state index >= 15 is 0 Å². The van der Waals surface area contributed by atoms with Crippen LogP contribution in [0.15, 0.2) is 22.6 Å². The Hall–Kier alpha value is -2.31. The Balaban J connectivity index is 2.65. The fourth-order valence-electron chi connectivity index (χ4n) is 1.53. The lowest BCUT2D eigenvalue weighted by molar-refractivity contribution is -0.0500. The molecule has 1 aromatic heterocycles. The average molecular weight is 257 g/mol. The van der Waals surface area contributed by atoms with Crippen molar-refractivity contribution in [3.63, 3.8) is 0 Å². The monoisotopic (exact) mass is 257 g/mol. The largest absolute Gasteiger partial charge is 0.463 e. The number of halogens is 2. The Labute approximate surface area is 100 Å². The number of benzene rings is 1. The van der Waals surface area contributed by atoms with Crippen LogP contribution in [0, 0.1) is 0 Å². The first kappa shape index (κ1) is 12.2. The number of carbonyl (C=O) groups is 1. The van der Waals surface area contributed by atoms with E-state index in [9.17, 15) is 13.6 Å². The van der Waals surface area contributed by atoms with Gasteiger partial charge >= 0.3 is 12.6 Å². The van der Waals surface area contributed by atoms with E-state index in [1.54, 1.807) is 0 Å². The van der Waals surface area contributed by atoms with Crippen LogP contribution in [-0.2, 0) is 4.74 Å². The van der Waals surface area contributed by atoms with Gasteiger partial charge in [0.05, 0.1) is 12.5 Å². The molecule has 1 aromatic carbocycles. The minimum atomic E-state index is -3.09. The van der Waals surface area contributed by atoms with Crippen LogP contribution < -0.4 is 10.5 Å². The number of nitrogens with two attached hydrogens (primary N) is 1. The highest BCUT2D eigenvalue weighted by Gasteiger charge is 2.25. The van der Waals surface area contributed by atoms with Crippen LogP contribution in [0.2, 0.25) is 0 Å². The Morgan fingerprint density at radius 3 is 2.78 bits per heavy atom. The molecule has 0 saturated carbocycles. The van der Waals surface area contributed by atoms with Crippen LogP contribution in [0.4, 0.5) is 14.5 Å². The minimum Gasteiger partial charge on any atom is -0.463 e. The van der Waals surface area contributed by atoms with Gasteiger partial charge < -0.3 is 19.6 Å². The summed E-state index contributed by atoms with van der Waals surface area (Å²) in [5.74, 6) is -1.70. The molecule has 96 valence electrons. The summed E-state index contributed by atoms with van der Waals surface area (Å²) in [7, 11) is 1.11. The molecule has 0 bridgehead atoms. The number of hydrogen-bond donors (Lipinski definition) is 1. The standard InChI is InChI=1S/C11H9F2NO4/c1-16-10(15)9-8(18-11(12)13)6-4-5(14)2-3-7(6)17-9/h2-4,11H,14H2,1H3. The van der Waals surface area contributed by atoms with Gasteiger partial charge in [0.2, 0.25) is 0 Å². The second-order valence-corrected chi connectivity index (χ2v) is 3.39. The molecule has 2 rings (SSSR count). The minimum absolute atomic E-state index is 0.190. The van der Waals surface area contributed by atoms with Crippen LogP contribution in [0.1, 0.15) is 10.6 Å². The van der Waals surface area contributed by atoms with Gasteiger partial charge in [-0.05, 0) is 18.2 Å². The fraction of sp³-hybridized carbons (Fsp3) is 0.182. The summed E-state index contributed by atoms with van der Waals surface area (Å²) in [5, 5.41) is 0.190. The Bertz CT molecular complexity index is 594. The van der Waals surface area contributed by atoms with Gasteiger partial charge in [-0.1, -0.05) is 0 Å². The molecular weight excluding hydrogens is 248 g/mol. The van der Waals surface area contributed by atoms with E-state index in [-0.39, 0.29) is 16.7 Å². The molecule has 0 amide bonds. The van der Waals surface area contributed by atoms with Crippen molar-refractivity contribution in [1.29, 1.82) is 0 Å². The van der Waals surface area contributed by atoms with Crippen molar-refractivity contribution >= 4 is 22.6 Å². The lowest BCUT2D eigenvalue weighted by Crippen LogP contribution is -2.07. The highest BCUT2D eigenvalue weighted by atomic mass is 19.3. The topological polar surface area (TPSA) is 74.7 Å². The predicted octanol–water partition coefficient (Wildman–Crippen LogP) is 2.40. The summed E-state index contributed by atoms with van der Waals surface area (Å²) >= 11 is 0.